The molecule has 0 spiro atoms. The number of benzene rings is 3. The fourth-order valence-corrected chi connectivity index (χ4v) is 4.50. The molecule has 0 saturated heterocycles. The van der Waals surface area contributed by atoms with Crippen LogP contribution < -0.4 is 9.62 Å². The number of nitrogens with one attached hydrogen (secondary N) is 1. The number of rotatable bonds is 8. The lowest BCUT2D eigenvalue weighted by Gasteiger charge is -2.23. The van der Waals surface area contributed by atoms with Crippen molar-refractivity contribution in [3.05, 3.63) is 108 Å². The van der Waals surface area contributed by atoms with Crippen molar-refractivity contribution >= 4 is 21.6 Å². The Hall–Kier alpha value is -3.38. The predicted molar refractivity (Wildman–Crippen MR) is 120 cm³/mol. The SMILES string of the molecule is C=CCN(c1ccc(C(=O)NCc2ccccc2C)cc1)S(=O)(=O)c1ccccc1. The molecular weight excluding hydrogens is 396 g/mol. The van der Waals surface area contributed by atoms with Gasteiger partial charge in [0.1, 0.15) is 0 Å². The van der Waals surface area contributed by atoms with E-state index in [4.69, 9.17) is 0 Å². The molecule has 1 N–H and O–H groups in total. The zero-order valence-corrected chi connectivity index (χ0v) is 17.6. The third-order valence-corrected chi connectivity index (χ3v) is 6.55. The maximum Gasteiger partial charge on any atom is 0.264 e. The molecule has 0 radical (unpaired) electrons. The summed E-state index contributed by atoms with van der Waals surface area (Å²) in [6.45, 7) is 6.22. The summed E-state index contributed by atoms with van der Waals surface area (Å²) < 4.78 is 27.3. The highest BCUT2D eigenvalue weighted by atomic mass is 32.2. The third kappa shape index (κ3) is 4.78. The van der Waals surface area contributed by atoms with E-state index in [0.717, 1.165) is 11.1 Å². The van der Waals surface area contributed by atoms with Gasteiger partial charge in [0.05, 0.1) is 17.1 Å². The van der Waals surface area contributed by atoms with Gasteiger partial charge in [-0.05, 0) is 54.4 Å². The minimum atomic E-state index is -3.74. The average Bonchev–Trinajstić information content (AvgIpc) is 2.77. The lowest BCUT2D eigenvalue weighted by Crippen LogP contribution is -2.31. The highest BCUT2D eigenvalue weighted by Gasteiger charge is 2.23. The summed E-state index contributed by atoms with van der Waals surface area (Å²) in [4.78, 5) is 12.7. The van der Waals surface area contributed by atoms with Gasteiger partial charge in [0.15, 0.2) is 0 Å². The zero-order valence-electron chi connectivity index (χ0n) is 16.8. The second-order valence-corrected chi connectivity index (χ2v) is 8.66. The van der Waals surface area contributed by atoms with E-state index in [9.17, 15) is 13.2 Å². The first-order valence-corrected chi connectivity index (χ1v) is 11.0. The minimum Gasteiger partial charge on any atom is -0.348 e. The Morgan fingerprint density at radius 1 is 0.967 bits per heavy atom. The van der Waals surface area contributed by atoms with Crippen LogP contribution in [0.4, 0.5) is 5.69 Å². The summed E-state index contributed by atoms with van der Waals surface area (Å²) in [7, 11) is -3.74. The van der Waals surface area contributed by atoms with Crippen molar-refractivity contribution in [3.63, 3.8) is 0 Å². The molecule has 0 atom stereocenters. The number of nitrogens with zero attached hydrogens (tertiary/aromatic N) is 1. The highest BCUT2D eigenvalue weighted by Crippen LogP contribution is 2.24. The first kappa shape index (κ1) is 21.3. The summed E-state index contributed by atoms with van der Waals surface area (Å²) >= 11 is 0. The van der Waals surface area contributed by atoms with E-state index in [2.05, 4.69) is 11.9 Å². The topological polar surface area (TPSA) is 66.5 Å². The van der Waals surface area contributed by atoms with E-state index in [-0.39, 0.29) is 17.3 Å². The van der Waals surface area contributed by atoms with Gasteiger partial charge in [0.2, 0.25) is 0 Å². The smallest absolute Gasteiger partial charge is 0.264 e. The molecule has 154 valence electrons. The molecule has 0 aliphatic heterocycles. The van der Waals surface area contributed by atoms with E-state index in [0.29, 0.717) is 17.8 Å². The van der Waals surface area contributed by atoms with Crippen LogP contribution in [0.1, 0.15) is 21.5 Å². The van der Waals surface area contributed by atoms with Crippen molar-refractivity contribution in [2.75, 3.05) is 10.8 Å². The van der Waals surface area contributed by atoms with Gasteiger partial charge in [-0.1, -0.05) is 48.5 Å². The molecule has 0 bridgehead atoms. The molecule has 0 aliphatic rings. The molecule has 30 heavy (non-hydrogen) atoms. The van der Waals surface area contributed by atoms with Crippen molar-refractivity contribution < 1.29 is 13.2 Å². The van der Waals surface area contributed by atoms with Crippen LogP contribution in [0.3, 0.4) is 0 Å². The highest BCUT2D eigenvalue weighted by molar-refractivity contribution is 7.92. The molecule has 3 aromatic rings. The molecule has 0 aromatic heterocycles. The van der Waals surface area contributed by atoms with E-state index in [1.165, 1.54) is 10.4 Å². The second kappa shape index (κ2) is 9.41. The number of sulfonamides is 1. The number of hydrogen-bond acceptors (Lipinski definition) is 3. The predicted octanol–water partition coefficient (Wildman–Crippen LogP) is 4.31. The van der Waals surface area contributed by atoms with Gasteiger partial charge in [-0.3, -0.25) is 9.10 Å². The Morgan fingerprint density at radius 3 is 2.23 bits per heavy atom. The van der Waals surface area contributed by atoms with E-state index < -0.39 is 10.0 Å². The number of amides is 1. The van der Waals surface area contributed by atoms with Crippen LogP contribution in [0.15, 0.2) is 96.4 Å². The molecule has 1 amide bonds. The first-order chi connectivity index (χ1) is 14.4. The minimum absolute atomic E-state index is 0.121. The van der Waals surface area contributed by atoms with Gasteiger partial charge in [0, 0.05) is 12.1 Å². The van der Waals surface area contributed by atoms with Gasteiger partial charge >= 0.3 is 0 Å². The Balaban J connectivity index is 1.78. The number of hydrogen-bond donors (Lipinski definition) is 1. The van der Waals surface area contributed by atoms with Crippen LogP contribution in [-0.2, 0) is 16.6 Å². The molecule has 6 heteroatoms. The second-order valence-electron chi connectivity index (χ2n) is 6.79. The fraction of sp³-hybridized carbons (Fsp3) is 0.125. The van der Waals surface area contributed by atoms with Crippen LogP contribution in [0.2, 0.25) is 0 Å². The maximum atomic E-state index is 13.0. The number of carbonyl (C=O) groups excluding carboxylic acids is 1. The van der Waals surface area contributed by atoms with Crippen molar-refractivity contribution in [2.45, 2.75) is 18.4 Å². The van der Waals surface area contributed by atoms with Crippen LogP contribution >= 0.6 is 0 Å². The molecule has 0 heterocycles. The Morgan fingerprint density at radius 2 is 1.60 bits per heavy atom. The molecule has 5 nitrogen and oxygen atoms in total. The normalized spacial score (nSPS) is 11.0. The van der Waals surface area contributed by atoms with Crippen LogP contribution in [0.25, 0.3) is 0 Å². The van der Waals surface area contributed by atoms with Crippen molar-refractivity contribution in [3.8, 4) is 0 Å². The summed E-state index contributed by atoms with van der Waals surface area (Å²) in [6, 6.07) is 22.6. The largest absolute Gasteiger partial charge is 0.348 e. The zero-order chi connectivity index (χ0) is 21.6. The molecular formula is C24H24N2O3S. The van der Waals surface area contributed by atoms with Crippen molar-refractivity contribution in [1.29, 1.82) is 0 Å². The number of carbonyl (C=O) groups is 1. The number of aryl methyl sites for hydroxylation is 1. The van der Waals surface area contributed by atoms with E-state index >= 15 is 0 Å². The molecule has 0 aliphatic carbocycles. The van der Waals surface area contributed by atoms with Gasteiger partial charge in [-0.2, -0.15) is 0 Å². The van der Waals surface area contributed by atoms with E-state index in [1.54, 1.807) is 54.6 Å². The molecule has 3 aromatic carbocycles. The van der Waals surface area contributed by atoms with E-state index in [1.807, 2.05) is 31.2 Å². The van der Waals surface area contributed by atoms with Gasteiger partial charge in [-0.25, -0.2) is 8.42 Å². The third-order valence-electron chi connectivity index (χ3n) is 4.74. The van der Waals surface area contributed by atoms with Crippen LogP contribution in [0.5, 0.6) is 0 Å². The Bertz CT molecular complexity index is 1120. The van der Waals surface area contributed by atoms with Gasteiger partial charge in [-0.15, -0.1) is 6.58 Å². The summed E-state index contributed by atoms with van der Waals surface area (Å²) in [5.41, 5.74) is 3.09. The summed E-state index contributed by atoms with van der Waals surface area (Å²) in [5.74, 6) is -0.217. The summed E-state index contributed by atoms with van der Waals surface area (Å²) in [6.07, 6.45) is 1.53. The van der Waals surface area contributed by atoms with Gasteiger partial charge in [0.25, 0.3) is 15.9 Å². The fourth-order valence-electron chi connectivity index (χ4n) is 3.04. The summed E-state index contributed by atoms with van der Waals surface area (Å²) in [5, 5.41) is 2.90. The molecule has 3 rings (SSSR count). The molecule has 0 saturated carbocycles. The first-order valence-electron chi connectivity index (χ1n) is 9.55. The Labute approximate surface area is 177 Å². The average molecular weight is 421 g/mol. The lowest BCUT2D eigenvalue weighted by molar-refractivity contribution is 0.0951. The van der Waals surface area contributed by atoms with Crippen molar-refractivity contribution in [2.24, 2.45) is 0 Å². The lowest BCUT2D eigenvalue weighted by atomic mass is 10.1. The molecule has 0 fully saturated rings. The van der Waals surface area contributed by atoms with Crippen LogP contribution in [0, 0.1) is 6.92 Å². The molecule has 0 unspecified atom stereocenters. The van der Waals surface area contributed by atoms with Crippen molar-refractivity contribution in [1.82, 2.24) is 5.32 Å². The maximum absolute atomic E-state index is 13.0. The number of anilines is 1. The quantitative estimate of drug-likeness (QED) is 0.553. The monoisotopic (exact) mass is 420 g/mol. The van der Waals surface area contributed by atoms with Gasteiger partial charge < -0.3 is 5.32 Å². The standard InChI is InChI=1S/C24H24N2O3S/c1-3-17-26(30(28,29)23-11-5-4-6-12-23)22-15-13-20(14-16-22)24(27)25-18-21-10-8-7-9-19(21)2/h3-16H,1,17-18H2,2H3,(H,25,27). The van der Waals surface area contributed by atoms with Crippen LogP contribution in [-0.4, -0.2) is 20.9 Å². The Kier molecular flexibility index (Phi) is 6.69.